The second kappa shape index (κ2) is 9.88. The summed E-state index contributed by atoms with van der Waals surface area (Å²) in [7, 11) is 4.91. The van der Waals surface area contributed by atoms with Gasteiger partial charge in [-0.1, -0.05) is 0 Å². The maximum absolute atomic E-state index is 14.7. The van der Waals surface area contributed by atoms with Crippen LogP contribution >= 0.6 is 0 Å². The average Bonchev–Trinajstić information content (AvgIpc) is 3.32. The molecule has 184 valence electrons. The average molecular weight is 472 g/mol. The highest BCUT2D eigenvalue weighted by Gasteiger charge is 2.54. The molecule has 0 bridgehead atoms. The molecule has 0 amide bonds. The summed E-state index contributed by atoms with van der Waals surface area (Å²) >= 11 is 0. The molecule has 3 aliphatic rings. The van der Waals surface area contributed by atoms with Crippen LogP contribution < -0.4 is 24.4 Å². The number of hydrogen-bond donors (Lipinski definition) is 1. The van der Waals surface area contributed by atoms with E-state index < -0.39 is 0 Å². The molecule has 8 heteroatoms. The zero-order chi connectivity index (χ0) is 23.7. The molecule has 0 aromatic heterocycles. The number of rotatable bonds is 9. The van der Waals surface area contributed by atoms with Crippen LogP contribution in [0, 0.1) is 23.6 Å². The molecule has 1 saturated carbocycles. The van der Waals surface area contributed by atoms with E-state index in [1.165, 1.54) is 0 Å². The molecule has 7 nitrogen and oxygen atoms in total. The van der Waals surface area contributed by atoms with E-state index in [-0.39, 0.29) is 5.82 Å². The molecular weight excluding hydrogens is 437 g/mol. The molecule has 2 aromatic carbocycles. The second-order valence-corrected chi connectivity index (χ2v) is 9.37. The first-order valence-electron chi connectivity index (χ1n) is 12.0. The summed E-state index contributed by atoms with van der Waals surface area (Å²) in [4.78, 5) is 4.54. The molecule has 0 radical (unpaired) electrons. The van der Waals surface area contributed by atoms with Crippen molar-refractivity contribution in [2.45, 2.75) is 6.54 Å². The Morgan fingerprint density at radius 3 is 2.24 bits per heavy atom. The van der Waals surface area contributed by atoms with Gasteiger partial charge in [-0.05, 0) is 53.6 Å². The number of hydrogen-bond acceptors (Lipinski definition) is 7. The van der Waals surface area contributed by atoms with Gasteiger partial charge in [-0.3, -0.25) is 4.90 Å². The molecule has 2 aliphatic heterocycles. The van der Waals surface area contributed by atoms with Gasteiger partial charge in [0.05, 0.1) is 40.2 Å². The predicted octanol–water partition coefficient (Wildman–Crippen LogP) is 3.48. The van der Waals surface area contributed by atoms with Gasteiger partial charge in [0.2, 0.25) is 5.75 Å². The zero-order valence-corrected chi connectivity index (χ0v) is 20.2. The van der Waals surface area contributed by atoms with Crippen molar-refractivity contribution in [1.29, 1.82) is 0 Å². The number of methoxy groups -OCH3 is 3. The first-order chi connectivity index (χ1) is 16.6. The number of likely N-dealkylation sites (tertiary alicyclic amines) is 1. The van der Waals surface area contributed by atoms with Crippen LogP contribution in [0.1, 0.15) is 5.56 Å². The van der Waals surface area contributed by atoms with E-state index in [1.54, 1.807) is 27.4 Å². The summed E-state index contributed by atoms with van der Waals surface area (Å²) in [5.74, 6) is 3.89. The van der Waals surface area contributed by atoms with Gasteiger partial charge in [0.1, 0.15) is 5.82 Å². The van der Waals surface area contributed by atoms with Crippen LogP contribution in [0.4, 0.5) is 15.8 Å². The Morgan fingerprint density at radius 2 is 1.65 bits per heavy atom. The number of nitrogens with zero attached hydrogens (tertiary/aromatic N) is 2. The number of halogens is 1. The number of ether oxygens (including phenoxy) is 4. The number of piperidine rings is 1. The summed E-state index contributed by atoms with van der Waals surface area (Å²) in [5, 5.41) is 3.46. The standard InChI is InChI=1S/C26H34FN3O4/c1-31-24-10-17(11-25(32-2)26(24)33-3)14-29-15-20-19(21(20)16-29)13-28-18-4-5-23(22(27)12-18)30-6-8-34-9-7-30/h4-5,10-12,19-21,28H,6-9,13-16H2,1-3H3. The van der Waals surface area contributed by atoms with E-state index >= 15 is 0 Å². The minimum absolute atomic E-state index is 0.167. The number of nitrogens with one attached hydrogen (secondary N) is 1. The van der Waals surface area contributed by atoms with Crippen molar-refractivity contribution in [3.8, 4) is 17.2 Å². The SMILES string of the molecule is COc1cc(CN2CC3C(CNc4ccc(N5CCOCC5)c(F)c4)C3C2)cc(OC)c1OC. The molecule has 2 unspecified atom stereocenters. The fraction of sp³-hybridized carbons (Fsp3) is 0.538. The first kappa shape index (κ1) is 23.1. The maximum atomic E-state index is 14.7. The van der Waals surface area contributed by atoms with Crippen LogP contribution in [-0.4, -0.2) is 72.2 Å². The third kappa shape index (κ3) is 4.61. The molecule has 3 fully saturated rings. The minimum atomic E-state index is -0.167. The lowest BCUT2D eigenvalue weighted by molar-refractivity contribution is 0.122. The Labute approximate surface area is 200 Å². The molecule has 1 aliphatic carbocycles. The Kier molecular flexibility index (Phi) is 6.70. The summed E-state index contributed by atoms with van der Waals surface area (Å²) in [5.41, 5.74) is 2.68. The topological polar surface area (TPSA) is 55.4 Å². The normalized spacial score (nSPS) is 24.0. The molecule has 2 saturated heterocycles. The predicted molar refractivity (Wildman–Crippen MR) is 130 cm³/mol. The van der Waals surface area contributed by atoms with Crippen molar-refractivity contribution < 1.29 is 23.3 Å². The fourth-order valence-electron chi connectivity index (χ4n) is 5.57. The van der Waals surface area contributed by atoms with Gasteiger partial charge in [-0.2, -0.15) is 0 Å². The van der Waals surface area contributed by atoms with Gasteiger partial charge in [-0.25, -0.2) is 4.39 Å². The molecule has 2 aromatic rings. The maximum Gasteiger partial charge on any atom is 0.203 e. The molecule has 34 heavy (non-hydrogen) atoms. The highest BCUT2D eigenvalue weighted by Crippen LogP contribution is 2.52. The monoisotopic (exact) mass is 471 g/mol. The van der Waals surface area contributed by atoms with E-state index in [2.05, 4.69) is 15.1 Å². The Bertz CT molecular complexity index is 977. The van der Waals surface area contributed by atoms with Crippen LogP contribution in [0.2, 0.25) is 0 Å². The highest BCUT2D eigenvalue weighted by molar-refractivity contribution is 5.57. The van der Waals surface area contributed by atoms with E-state index in [9.17, 15) is 4.39 Å². The molecular formula is C26H34FN3O4. The lowest BCUT2D eigenvalue weighted by Crippen LogP contribution is -2.36. The summed E-state index contributed by atoms with van der Waals surface area (Å²) in [6, 6.07) is 9.55. The van der Waals surface area contributed by atoms with Crippen molar-refractivity contribution in [3.05, 3.63) is 41.7 Å². The molecule has 0 spiro atoms. The van der Waals surface area contributed by atoms with Gasteiger partial charge < -0.3 is 29.2 Å². The Hall–Kier alpha value is -2.71. The van der Waals surface area contributed by atoms with Gasteiger partial charge in [0.15, 0.2) is 11.5 Å². The molecule has 2 heterocycles. The van der Waals surface area contributed by atoms with Crippen molar-refractivity contribution >= 4 is 11.4 Å². The zero-order valence-electron chi connectivity index (χ0n) is 20.2. The van der Waals surface area contributed by atoms with E-state index in [0.29, 0.717) is 53.9 Å². The molecule has 5 rings (SSSR count). The number of anilines is 2. The third-order valence-electron chi connectivity index (χ3n) is 7.42. The minimum Gasteiger partial charge on any atom is -0.493 e. The van der Waals surface area contributed by atoms with Crippen LogP contribution in [0.3, 0.4) is 0 Å². The third-order valence-corrected chi connectivity index (χ3v) is 7.42. The quantitative estimate of drug-likeness (QED) is 0.601. The summed E-state index contributed by atoms with van der Waals surface area (Å²) in [6.07, 6.45) is 0. The van der Waals surface area contributed by atoms with Gasteiger partial charge in [-0.15, -0.1) is 0 Å². The van der Waals surface area contributed by atoms with Gasteiger partial charge in [0, 0.05) is 45.0 Å². The Balaban J connectivity index is 1.12. The largest absolute Gasteiger partial charge is 0.493 e. The molecule has 2 atom stereocenters. The number of morpholine rings is 1. The highest BCUT2D eigenvalue weighted by atomic mass is 19.1. The lowest BCUT2D eigenvalue weighted by Gasteiger charge is -2.29. The van der Waals surface area contributed by atoms with Gasteiger partial charge in [0.25, 0.3) is 0 Å². The van der Waals surface area contributed by atoms with E-state index in [1.807, 2.05) is 24.3 Å². The van der Waals surface area contributed by atoms with Crippen LogP contribution in [0.15, 0.2) is 30.3 Å². The van der Waals surface area contributed by atoms with Crippen LogP contribution in [-0.2, 0) is 11.3 Å². The number of benzene rings is 2. The Morgan fingerprint density at radius 1 is 0.971 bits per heavy atom. The first-order valence-corrected chi connectivity index (χ1v) is 12.0. The van der Waals surface area contributed by atoms with Crippen molar-refractivity contribution in [2.75, 3.05) is 77.5 Å². The second-order valence-electron chi connectivity index (χ2n) is 9.37. The summed E-state index contributed by atoms with van der Waals surface area (Å²) < 4.78 is 36.4. The van der Waals surface area contributed by atoms with Crippen LogP contribution in [0.25, 0.3) is 0 Å². The lowest BCUT2D eigenvalue weighted by atomic mass is 10.1. The van der Waals surface area contributed by atoms with Crippen LogP contribution in [0.5, 0.6) is 17.2 Å². The smallest absolute Gasteiger partial charge is 0.203 e. The van der Waals surface area contributed by atoms with E-state index in [0.717, 1.165) is 50.5 Å². The fourth-order valence-corrected chi connectivity index (χ4v) is 5.57. The van der Waals surface area contributed by atoms with Crippen molar-refractivity contribution in [1.82, 2.24) is 4.90 Å². The van der Waals surface area contributed by atoms with Crippen molar-refractivity contribution in [2.24, 2.45) is 17.8 Å². The van der Waals surface area contributed by atoms with Crippen molar-refractivity contribution in [3.63, 3.8) is 0 Å². The summed E-state index contributed by atoms with van der Waals surface area (Å²) in [6.45, 7) is 6.70. The number of fused-ring (bicyclic) bond motifs is 1. The van der Waals surface area contributed by atoms with E-state index in [4.69, 9.17) is 18.9 Å². The molecule has 1 N–H and O–H groups in total. The van der Waals surface area contributed by atoms with Gasteiger partial charge >= 0.3 is 0 Å².